The number of ketones is 2. The lowest BCUT2D eigenvalue weighted by Gasteiger charge is -2.56. The third kappa shape index (κ3) is 1.95. The van der Waals surface area contributed by atoms with E-state index < -0.39 is 10.8 Å². The van der Waals surface area contributed by atoms with E-state index in [1.807, 2.05) is 0 Å². The van der Waals surface area contributed by atoms with Crippen LogP contribution in [-0.2, 0) is 20.4 Å². The van der Waals surface area contributed by atoms with Gasteiger partial charge >= 0.3 is 0 Å². The highest BCUT2D eigenvalue weighted by molar-refractivity contribution is 7.89. The van der Waals surface area contributed by atoms with Crippen molar-refractivity contribution in [2.24, 2.45) is 34.5 Å². The van der Waals surface area contributed by atoms with Crippen molar-refractivity contribution in [2.45, 2.75) is 65.2 Å². The zero-order valence-electron chi connectivity index (χ0n) is 15.3. The lowest BCUT2D eigenvalue weighted by molar-refractivity contribution is -0.128. The van der Waals surface area contributed by atoms with Crippen LogP contribution >= 0.6 is 0 Å². The molecule has 5 aliphatic rings. The molecular formula is C21H28O3S. The molecule has 7 atom stereocenters. The van der Waals surface area contributed by atoms with Gasteiger partial charge in [0.1, 0.15) is 11.6 Å². The van der Waals surface area contributed by atoms with Crippen molar-refractivity contribution in [3.63, 3.8) is 0 Å². The Morgan fingerprint density at radius 1 is 1.16 bits per heavy atom. The van der Waals surface area contributed by atoms with Crippen molar-refractivity contribution >= 4 is 22.4 Å². The molecule has 0 spiro atoms. The third-order valence-corrected chi connectivity index (χ3v) is 10.6. The van der Waals surface area contributed by atoms with Crippen LogP contribution in [0.5, 0.6) is 0 Å². The predicted molar refractivity (Wildman–Crippen MR) is 97.2 cm³/mol. The van der Waals surface area contributed by atoms with E-state index in [4.69, 9.17) is 0 Å². The van der Waals surface area contributed by atoms with Crippen LogP contribution in [0.15, 0.2) is 10.5 Å². The number of hydrogen-bond acceptors (Lipinski definition) is 3. The SMILES string of the molecule is CC(=O)C1CCC2C3CC4=C5CC(=O)CC[C@]5(CS4=O)C3CC[C@]12C. The van der Waals surface area contributed by atoms with E-state index in [9.17, 15) is 13.8 Å². The van der Waals surface area contributed by atoms with Gasteiger partial charge in [0.2, 0.25) is 0 Å². The second-order valence-corrected chi connectivity index (χ2v) is 11.1. The van der Waals surface area contributed by atoms with E-state index in [1.165, 1.54) is 5.57 Å². The van der Waals surface area contributed by atoms with Crippen LogP contribution in [0.2, 0.25) is 0 Å². The summed E-state index contributed by atoms with van der Waals surface area (Å²) in [5.74, 6) is 3.50. The normalized spacial score (nSPS) is 51.1. The van der Waals surface area contributed by atoms with Crippen LogP contribution in [0.25, 0.3) is 0 Å². The molecule has 0 amide bonds. The van der Waals surface area contributed by atoms with E-state index in [-0.39, 0.29) is 16.7 Å². The Balaban J connectivity index is 1.57. The van der Waals surface area contributed by atoms with Gasteiger partial charge < -0.3 is 0 Å². The van der Waals surface area contributed by atoms with Gasteiger partial charge in [-0.25, -0.2) is 0 Å². The van der Waals surface area contributed by atoms with Gasteiger partial charge in [-0.1, -0.05) is 6.92 Å². The second kappa shape index (κ2) is 5.15. The highest BCUT2D eigenvalue weighted by atomic mass is 32.2. The molecule has 4 aliphatic carbocycles. The van der Waals surface area contributed by atoms with Crippen LogP contribution < -0.4 is 0 Å². The smallest absolute Gasteiger partial charge is 0.137 e. The van der Waals surface area contributed by atoms with Crippen LogP contribution in [-0.4, -0.2) is 21.5 Å². The molecule has 1 aliphatic heterocycles. The highest BCUT2D eigenvalue weighted by Gasteiger charge is 2.64. The molecule has 1 heterocycles. The molecule has 2 bridgehead atoms. The van der Waals surface area contributed by atoms with Crippen LogP contribution in [0.1, 0.15) is 65.2 Å². The number of carbonyl (C=O) groups is 2. The van der Waals surface area contributed by atoms with E-state index in [1.54, 1.807) is 6.92 Å². The lowest BCUT2D eigenvalue weighted by atomic mass is 9.47. The summed E-state index contributed by atoms with van der Waals surface area (Å²) in [6.45, 7) is 4.13. The number of Topliss-reactive ketones (excluding diaryl/α,β-unsaturated/α-hetero) is 2. The molecular weight excluding hydrogens is 332 g/mol. The minimum absolute atomic E-state index is 0.0622. The summed E-state index contributed by atoms with van der Waals surface area (Å²) in [6, 6.07) is 0. The van der Waals surface area contributed by atoms with Crippen molar-refractivity contribution in [1.82, 2.24) is 0 Å². The predicted octanol–water partition coefficient (Wildman–Crippen LogP) is 3.79. The van der Waals surface area contributed by atoms with Gasteiger partial charge in [-0.05, 0) is 74.2 Å². The van der Waals surface area contributed by atoms with Gasteiger partial charge in [0.25, 0.3) is 0 Å². The van der Waals surface area contributed by atoms with Crippen LogP contribution in [0.4, 0.5) is 0 Å². The fourth-order valence-electron chi connectivity index (χ4n) is 7.84. The summed E-state index contributed by atoms with van der Waals surface area (Å²) >= 11 is 0. The molecule has 136 valence electrons. The van der Waals surface area contributed by atoms with Crippen molar-refractivity contribution in [1.29, 1.82) is 0 Å². The minimum Gasteiger partial charge on any atom is -0.300 e. The van der Waals surface area contributed by atoms with Crippen molar-refractivity contribution in [3.05, 3.63) is 10.5 Å². The molecule has 0 saturated heterocycles. The first-order valence-corrected chi connectivity index (χ1v) is 11.3. The molecule has 5 unspecified atom stereocenters. The Morgan fingerprint density at radius 2 is 1.96 bits per heavy atom. The average Bonchev–Trinajstić information content (AvgIpc) is 3.00. The Hall–Kier alpha value is -0.770. The maximum atomic E-state index is 12.9. The number of rotatable bonds is 1. The monoisotopic (exact) mass is 360 g/mol. The number of allylic oxidation sites excluding steroid dienone is 2. The fraction of sp³-hybridized carbons (Fsp3) is 0.810. The molecule has 0 aromatic rings. The van der Waals surface area contributed by atoms with E-state index in [2.05, 4.69) is 6.92 Å². The summed E-state index contributed by atoms with van der Waals surface area (Å²) in [4.78, 5) is 25.5. The van der Waals surface area contributed by atoms with E-state index in [0.717, 1.165) is 49.2 Å². The zero-order chi connectivity index (χ0) is 17.6. The molecule has 3 fully saturated rings. The van der Waals surface area contributed by atoms with Gasteiger partial charge in [-0.15, -0.1) is 0 Å². The standard InChI is InChI=1S/C21H28O3S/c1-12(22)15-3-4-16-14-10-19-18-9-13(23)5-8-21(18,11-25(19)24)17(14)6-7-20(15,16)2/h14-17H,3-11H2,1-2H3/t14?,15?,16?,17?,20-,21+,25?/m1/s1. The Bertz CT molecular complexity index is 737. The second-order valence-electron chi connectivity index (χ2n) is 9.63. The van der Waals surface area contributed by atoms with Gasteiger partial charge in [0.15, 0.2) is 0 Å². The Kier molecular flexibility index (Phi) is 3.38. The number of fused-ring (bicyclic) bond motifs is 3. The first-order chi connectivity index (χ1) is 11.9. The van der Waals surface area contributed by atoms with E-state index in [0.29, 0.717) is 42.2 Å². The molecule has 0 radical (unpaired) electrons. The maximum absolute atomic E-state index is 12.9. The number of carbonyl (C=O) groups excluding carboxylic acids is 2. The van der Waals surface area contributed by atoms with Crippen molar-refractivity contribution in [2.75, 3.05) is 5.75 Å². The Morgan fingerprint density at radius 3 is 2.72 bits per heavy atom. The lowest BCUT2D eigenvalue weighted by Crippen LogP contribution is -2.51. The van der Waals surface area contributed by atoms with Crippen LogP contribution in [0.3, 0.4) is 0 Å². The summed E-state index contributed by atoms with van der Waals surface area (Å²) in [5, 5.41) is 0. The molecule has 4 heteroatoms. The van der Waals surface area contributed by atoms with Gasteiger partial charge in [0, 0.05) is 45.6 Å². The van der Waals surface area contributed by atoms with Gasteiger partial charge in [-0.3, -0.25) is 13.8 Å². The Labute approximate surface area is 152 Å². The average molecular weight is 361 g/mol. The summed E-state index contributed by atoms with van der Waals surface area (Å²) < 4.78 is 12.9. The fourth-order valence-corrected chi connectivity index (χ4v) is 9.94. The quantitative estimate of drug-likeness (QED) is 0.715. The summed E-state index contributed by atoms with van der Waals surface area (Å²) in [6.07, 6.45) is 7.60. The molecule has 3 nitrogen and oxygen atoms in total. The third-order valence-electron chi connectivity index (χ3n) is 8.88. The molecule has 3 saturated carbocycles. The molecule has 0 aromatic carbocycles. The number of hydrogen-bond donors (Lipinski definition) is 0. The first-order valence-electron chi connectivity index (χ1n) is 10.00. The molecule has 0 N–H and O–H groups in total. The van der Waals surface area contributed by atoms with Gasteiger partial charge in [-0.2, -0.15) is 0 Å². The maximum Gasteiger partial charge on any atom is 0.137 e. The molecule has 0 aromatic heterocycles. The zero-order valence-corrected chi connectivity index (χ0v) is 16.1. The first kappa shape index (κ1) is 16.4. The van der Waals surface area contributed by atoms with E-state index >= 15 is 0 Å². The highest BCUT2D eigenvalue weighted by Crippen LogP contribution is 2.69. The largest absolute Gasteiger partial charge is 0.300 e. The minimum atomic E-state index is -0.868. The van der Waals surface area contributed by atoms with Crippen LogP contribution in [0, 0.1) is 34.5 Å². The van der Waals surface area contributed by atoms with Crippen molar-refractivity contribution < 1.29 is 13.8 Å². The van der Waals surface area contributed by atoms with Gasteiger partial charge in [0.05, 0.1) is 0 Å². The van der Waals surface area contributed by atoms with Crippen molar-refractivity contribution in [3.8, 4) is 0 Å². The molecule has 25 heavy (non-hydrogen) atoms. The summed E-state index contributed by atoms with van der Waals surface area (Å²) in [7, 11) is -0.868. The topological polar surface area (TPSA) is 51.2 Å². The summed E-state index contributed by atoms with van der Waals surface area (Å²) in [5.41, 5.74) is 1.51. The molecule has 5 rings (SSSR count).